The third kappa shape index (κ3) is 2.80. The van der Waals surface area contributed by atoms with Crippen LogP contribution in [0, 0.1) is 0 Å². The molecule has 0 unspecified atom stereocenters. The van der Waals surface area contributed by atoms with Gasteiger partial charge in [0.2, 0.25) is 0 Å². The number of hydrogen-bond donors (Lipinski definition) is 1. The van der Waals surface area contributed by atoms with Gasteiger partial charge in [-0.1, -0.05) is 65.4 Å². The molecule has 2 heteroatoms. The van der Waals surface area contributed by atoms with E-state index in [9.17, 15) is 0 Å². The van der Waals surface area contributed by atoms with Crippen LogP contribution < -0.4 is 0 Å². The lowest BCUT2D eigenvalue weighted by molar-refractivity contribution is 1.42. The molecule has 2 aromatic carbocycles. The second-order valence-electron chi connectivity index (χ2n) is 3.34. The minimum absolute atomic E-state index is 0.957. The minimum atomic E-state index is 0.957. The first-order valence-corrected chi connectivity index (χ1v) is 6.84. The molecule has 0 atom stereocenters. The van der Waals surface area contributed by atoms with Gasteiger partial charge in [0.05, 0.1) is 0 Å². The van der Waals surface area contributed by atoms with E-state index < -0.39 is 0 Å². The molecule has 2 aromatic rings. The van der Waals surface area contributed by atoms with Crippen molar-refractivity contribution in [2.75, 3.05) is 0 Å². The molecule has 0 saturated carbocycles. The molecule has 0 bridgehead atoms. The highest BCUT2D eigenvalue weighted by atomic mass is 33.1. The molecule has 2 rings (SSSR count). The zero-order valence-electron chi connectivity index (χ0n) is 8.26. The van der Waals surface area contributed by atoms with Crippen LogP contribution in [0.3, 0.4) is 0 Å². The fourth-order valence-corrected chi connectivity index (χ4v) is 2.29. The van der Waals surface area contributed by atoms with Crippen molar-refractivity contribution >= 4 is 22.5 Å². The standard InChI is InChI=1S/C13H12S2/c14-15-10-11-6-8-13(9-7-11)12-4-2-1-3-5-12/h1-9,14H,10H2. The Morgan fingerprint density at radius 1 is 0.800 bits per heavy atom. The van der Waals surface area contributed by atoms with Crippen molar-refractivity contribution in [1.29, 1.82) is 0 Å². The molecule has 0 aliphatic carbocycles. The van der Waals surface area contributed by atoms with Gasteiger partial charge in [-0.2, -0.15) is 0 Å². The Labute approximate surface area is 99.5 Å². The second-order valence-corrected chi connectivity index (χ2v) is 4.66. The normalized spacial score (nSPS) is 10.2. The minimum Gasteiger partial charge on any atom is -0.111 e. The van der Waals surface area contributed by atoms with E-state index in [0.29, 0.717) is 0 Å². The van der Waals surface area contributed by atoms with Crippen LogP contribution in [0.2, 0.25) is 0 Å². The van der Waals surface area contributed by atoms with E-state index in [0.717, 1.165) is 5.75 Å². The van der Waals surface area contributed by atoms with Crippen LogP contribution in [-0.4, -0.2) is 0 Å². The molecule has 0 aliphatic heterocycles. The van der Waals surface area contributed by atoms with Crippen molar-refractivity contribution in [2.45, 2.75) is 5.75 Å². The van der Waals surface area contributed by atoms with Crippen LogP contribution in [0.4, 0.5) is 0 Å². The maximum absolute atomic E-state index is 4.14. The van der Waals surface area contributed by atoms with Gasteiger partial charge in [-0.3, -0.25) is 0 Å². The molecule has 0 radical (unpaired) electrons. The molecular weight excluding hydrogens is 220 g/mol. The van der Waals surface area contributed by atoms with Crippen LogP contribution in [0.5, 0.6) is 0 Å². The molecular formula is C13H12S2. The quantitative estimate of drug-likeness (QED) is 0.603. The molecule has 0 fully saturated rings. The van der Waals surface area contributed by atoms with Gasteiger partial charge >= 0.3 is 0 Å². The van der Waals surface area contributed by atoms with E-state index in [-0.39, 0.29) is 0 Å². The first-order chi connectivity index (χ1) is 7.40. The van der Waals surface area contributed by atoms with Crippen LogP contribution in [0.1, 0.15) is 5.56 Å². The molecule has 0 aliphatic rings. The molecule has 15 heavy (non-hydrogen) atoms. The SMILES string of the molecule is SSCc1ccc(-c2ccccc2)cc1. The maximum Gasteiger partial charge on any atom is 0.0286 e. The lowest BCUT2D eigenvalue weighted by atomic mass is 10.0. The summed E-state index contributed by atoms with van der Waals surface area (Å²) < 4.78 is 0. The van der Waals surface area contributed by atoms with Crippen LogP contribution >= 0.6 is 22.5 Å². The summed E-state index contributed by atoms with van der Waals surface area (Å²) in [7, 11) is 1.55. The van der Waals surface area contributed by atoms with Gasteiger partial charge < -0.3 is 0 Å². The average Bonchev–Trinajstić information content (AvgIpc) is 2.32. The summed E-state index contributed by atoms with van der Waals surface area (Å²) in [4.78, 5) is 0. The number of rotatable bonds is 3. The van der Waals surface area contributed by atoms with Crippen molar-refractivity contribution in [2.24, 2.45) is 0 Å². The summed E-state index contributed by atoms with van der Waals surface area (Å²) in [5, 5.41) is 0. The van der Waals surface area contributed by atoms with E-state index in [1.165, 1.54) is 16.7 Å². The molecule has 0 amide bonds. The van der Waals surface area contributed by atoms with Crippen molar-refractivity contribution in [3.05, 3.63) is 60.2 Å². The largest absolute Gasteiger partial charge is 0.111 e. The molecule has 0 N–H and O–H groups in total. The first-order valence-electron chi connectivity index (χ1n) is 4.81. The first kappa shape index (κ1) is 10.7. The fraction of sp³-hybridized carbons (Fsp3) is 0.0769. The lowest BCUT2D eigenvalue weighted by Crippen LogP contribution is -1.80. The third-order valence-corrected chi connectivity index (χ3v) is 3.14. The Bertz CT molecular complexity index is 406. The van der Waals surface area contributed by atoms with Gasteiger partial charge in [-0.15, -0.1) is 11.7 Å². The van der Waals surface area contributed by atoms with Gasteiger partial charge in [0, 0.05) is 5.75 Å². The monoisotopic (exact) mass is 232 g/mol. The van der Waals surface area contributed by atoms with Gasteiger partial charge in [0.1, 0.15) is 0 Å². The topological polar surface area (TPSA) is 0 Å². The number of thiol groups is 1. The van der Waals surface area contributed by atoms with E-state index in [4.69, 9.17) is 0 Å². The number of hydrogen-bond acceptors (Lipinski definition) is 2. The highest BCUT2D eigenvalue weighted by molar-refractivity contribution is 8.68. The van der Waals surface area contributed by atoms with Crippen LogP contribution in [0.15, 0.2) is 54.6 Å². The van der Waals surface area contributed by atoms with E-state index in [1.807, 2.05) is 6.07 Å². The van der Waals surface area contributed by atoms with Crippen molar-refractivity contribution in [1.82, 2.24) is 0 Å². The molecule has 0 nitrogen and oxygen atoms in total. The predicted molar refractivity (Wildman–Crippen MR) is 72.2 cm³/mol. The lowest BCUT2D eigenvalue weighted by Gasteiger charge is -2.02. The van der Waals surface area contributed by atoms with Gasteiger partial charge in [0.25, 0.3) is 0 Å². The molecule has 0 spiro atoms. The molecule has 0 saturated heterocycles. The van der Waals surface area contributed by atoms with Crippen molar-refractivity contribution in [3.63, 3.8) is 0 Å². The van der Waals surface area contributed by atoms with E-state index in [2.05, 4.69) is 60.2 Å². The van der Waals surface area contributed by atoms with Gasteiger partial charge in [0.15, 0.2) is 0 Å². The van der Waals surface area contributed by atoms with Crippen LogP contribution in [-0.2, 0) is 5.75 Å². The van der Waals surface area contributed by atoms with E-state index in [1.54, 1.807) is 10.8 Å². The van der Waals surface area contributed by atoms with Crippen molar-refractivity contribution < 1.29 is 0 Å². The Balaban J connectivity index is 2.24. The molecule has 0 heterocycles. The highest BCUT2D eigenvalue weighted by Crippen LogP contribution is 2.21. The van der Waals surface area contributed by atoms with E-state index >= 15 is 0 Å². The third-order valence-electron chi connectivity index (χ3n) is 2.29. The second kappa shape index (κ2) is 5.29. The van der Waals surface area contributed by atoms with Gasteiger partial charge in [-0.25, -0.2) is 0 Å². The summed E-state index contributed by atoms with van der Waals surface area (Å²) in [6.07, 6.45) is 0. The smallest absolute Gasteiger partial charge is 0.0286 e. The summed E-state index contributed by atoms with van der Waals surface area (Å²) >= 11 is 4.14. The summed E-state index contributed by atoms with van der Waals surface area (Å²) in [6, 6.07) is 19.1. The Hall–Kier alpha value is -0.860. The maximum atomic E-state index is 4.14. The number of benzene rings is 2. The Kier molecular flexibility index (Phi) is 3.75. The molecule has 76 valence electrons. The predicted octanol–water partition coefficient (Wildman–Crippen LogP) is 4.43. The zero-order chi connectivity index (χ0) is 10.5. The van der Waals surface area contributed by atoms with Crippen molar-refractivity contribution in [3.8, 4) is 11.1 Å². The summed E-state index contributed by atoms with van der Waals surface area (Å²) in [5.74, 6) is 0.957. The van der Waals surface area contributed by atoms with Gasteiger partial charge in [-0.05, 0) is 16.7 Å². The summed E-state index contributed by atoms with van der Waals surface area (Å²) in [5.41, 5.74) is 3.85. The highest BCUT2D eigenvalue weighted by Gasteiger charge is 1.96. The zero-order valence-corrected chi connectivity index (χ0v) is 9.97. The Morgan fingerprint density at radius 3 is 2.00 bits per heavy atom. The summed E-state index contributed by atoms with van der Waals surface area (Å²) in [6.45, 7) is 0. The Morgan fingerprint density at radius 2 is 1.40 bits per heavy atom. The average molecular weight is 232 g/mol. The molecule has 0 aromatic heterocycles. The fourth-order valence-electron chi connectivity index (χ4n) is 1.50. The van der Waals surface area contributed by atoms with Crippen LogP contribution in [0.25, 0.3) is 11.1 Å².